The largest absolute Gasteiger partial charge is 0.378 e. The van der Waals surface area contributed by atoms with Gasteiger partial charge in [0.05, 0.1) is 18.1 Å². The zero-order valence-electron chi connectivity index (χ0n) is 12.2. The van der Waals surface area contributed by atoms with Gasteiger partial charge in [-0.15, -0.1) is 23.7 Å². The first-order chi connectivity index (χ1) is 10.3. The molecule has 22 heavy (non-hydrogen) atoms. The lowest BCUT2D eigenvalue weighted by molar-refractivity contribution is -0.137. The first-order valence-electron chi connectivity index (χ1n) is 7.18. The van der Waals surface area contributed by atoms with Gasteiger partial charge in [0.25, 0.3) is 5.91 Å². The van der Waals surface area contributed by atoms with Crippen molar-refractivity contribution >= 4 is 35.6 Å². The Bertz CT molecular complexity index is 497. The third-order valence-corrected chi connectivity index (χ3v) is 4.69. The lowest BCUT2D eigenvalue weighted by Gasteiger charge is -2.37. The van der Waals surface area contributed by atoms with Crippen LogP contribution in [0.25, 0.3) is 0 Å². The number of nitrogens with zero attached hydrogens (tertiary/aromatic N) is 2. The van der Waals surface area contributed by atoms with Crippen molar-refractivity contribution in [2.24, 2.45) is 0 Å². The van der Waals surface area contributed by atoms with Gasteiger partial charge in [-0.3, -0.25) is 9.59 Å². The minimum atomic E-state index is -0.238. The molecule has 1 aromatic heterocycles. The number of piperazine rings is 1. The van der Waals surface area contributed by atoms with Crippen LogP contribution in [0, 0.1) is 0 Å². The molecule has 2 aliphatic heterocycles. The fraction of sp³-hybridized carbons (Fsp3) is 0.571. The normalized spacial score (nSPS) is 22.1. The molecule has 0 radical (unpaired) electrons. The summed E-state index contributed by atoms with van der Waals surface area (Å²) in [4.78, 5) is 29.0. The van der Waals surface area contributed by atoms with Gasteiger partial charge in [-0.2, -0.15) is 0 Å². The number of hydrogen-bond donors (Lipinski definition) is 1. The summed E-state index contributed by atoms with van der Waals surface area (Å²) < 4.78 is 5.33. The van der Waals surface area contributed by atoms with Crippen LogP contribution >= 0.6 is 23.7 Å². The molecule has 1 unspecified atom stereocenters. The Labute approximate surface area is 139 Å². The summed E-state index contributed by atoms with van der Waals surface area (Å²) in [6, 6.07) is 3.48. The third kappa shape index (κ3) is 3.78. The Morgan fingerprint density at radius 3 is 2.55 bits per heavy atom. The number of carbonyl (C=O) groups is 2. The molecule has 2 fully saturated rings. The summed E-state index contributed by atoms with van der Waals surface area (Å²) in [5.74, 6) is 0.147. The maximum atomic E-state index is 12.3. The zero-order chi connectivity index (χ0) is 14.7. The van der Waals surface area contributed by atoms with Crippen LogP contribution in [0.1, 0.15) is 9.67 Å². The van der Waals surface area contributed by atoms with Crippen LogP contribution in [0.4, 0.5) is 0 Å². The van der Waals surface area contributed by atoms with E-state index in [1.165, 1.54) is 11.3 Å². The van der Waals surface area contributed by atoms with E-state index in [4.69, 9.17) is 4.74 Å². The first kappa shape index (κ1) is 17.2. The number of amides is 2. The molecule has 2 amide bonds. The molecular weight excluding hydrogens is 326 g/mol. The van der Waals surface area contributed by atoms with Crippen molar-refractivity contribution < 1.29 is 14.3 Å². The number of hydrogen-bond acceptors (Lipinski definition) is 5. The van der Waals surface area contributed by atoms with Gasteiger partial charge in [-0.25, -0.2) is 0 Å². The molecule has 2 aliphatic rings. The third-order valence-electron chi connectivity index (χ3n) is 3.83. The van der Waals surface area contributed by atoms with Gasteiger partial charge in [0, 0.05) is 32.7 Å². The summed E-state index contributed by atoms with van der Waals surface area (Å²) in [5.41, 5.74) is 0. The summed E-state index contributed by atoms with van der Waals surface area (Å²) in [7, 11) is 0. The molecule has 2 saturated heterocycles. The van der Waals surface area contributed by atoms with Gasteiger partial charge in [0.1, 0.15) is 6.04 Å². The summed E-state index contributed by atoms with van der Waals surface area (Å²) in [5, 5.41) is 5.08. The standard InChI is InChI=1S/C14H19N3O3S.ClH/c18-13(11-10-20-8-3-15-11)16-4-6-17(7-5-16)14(19)12-2-1-9-21-12;/h1-2,9,11,15H,3-8,10H2;1H. The second-order valence-corrected chi connectivity index (χ2v) is 6.12. The van der Waals surface area contributed by atoms with Crippen molar-refractivity contribution in [2.75, 3.05) is 45.9 Å². The number of carbonyl (C=O) groups excluding carboxylic acids is 2. The second-order valence-electron chi connectivity index (χ2n) is 5.18. The van der Waals surface area contributed by atoms with Crippen molar-refractivity contribution in [2.45, 2.75) is 6.04 Å². The van der Waals surface area contributed by atoms with Crippen molar-refractivity contribution in [3.8, 4) is 0 Å². The van der Waals surface area contributed by atoms with Crippen molar-refractivity contribution in [3.63, 3.8) is 0 Å². The van der Waals surface area contributed by atoms with E-state index < -0.39 is 0 Å². The molecule has 1 aromatic rings. The monoisotopic (exact) mass is 345 g/mol. The van der Waals surface area contributed by atoms with Gasteiger partial charge in [0.2, 0.25) is 5.91 Å². The summed E-state index contributed by atoms with van der Waals surface area (Å²) in [6.45, 7) is 4.18. The number of ether oxygens (including phenoxy) is 1. The number of morpholine rings is 1. The number of thiophene rings is 1. The highest BCUT2D eigenvalue weighted by atomic mass is 35.5. The van der Waals surface area contributed by atoms with Crippen LogP contribution in [-0.2, 0) is 9.53 Å². The van der Waals surface area contributed by atoms with E-state index >= 15 is 0 Å². The van der Waals surface area contributed by atoms with Gasteiger partial charge in [-0.1, -0.05) is 6.07 Å². The highest BCUT2D eigenvalue weighted by Crippen LogP contribution is 2.14. The van der Waals surface area contributed by atoms with E-state index in [1.54, 1.807) is 0 Å². The van der Waals surface area contributed by atoms with Gasteiger partial charge in [0.15, 0.2) is 0 Å². The summed E-state index contributed by atoms with van der Waals surface area (Å²) >= 11 is 1.46. The molecule has 0 aliphatic carbocycles. The maximum Gasteiger partial charge on any atom is 0.264 e. The molecule has 0 saturated carbocycles. The molecule has 0 spiro atoms. The molecule has 0 bridgehead atoms. The lowest BCUT2D eigenvalue weighted by Crippen LogP contribution is -2.57. The lowest BCUT2D eigenvalue weighted by atomic mass is 10.2. The second kappa shape index (κ2) is 7.92. The van der Waals surface area contributed by atoms with E-state index in [0.717, 1.165) is 4.88 Å². The van der Waals surface area contributed by atoms with E-state index in [2.05, 4.69) is 5.32 Å². The number of halogens is 1. The van der Waals surface area contributed by atoms with Crippen molar-refractivity contribution in [1.29, 1.82) is 0 Å². The van der Waals surface area contributed by atoms with E-state index in [0.29, 0.717) is 45.9 Å². The Morgan fingerprint density at radius 2 is 1.95 bits per heavy atom. The van der Waals surface area contributed by atoms with E-state index in [-0.39, 0.29) is 30.3 Å². The van der Waals surface area contributed by atoms with Crippen LogP contribution in [0.2, 0.25) is 0 Å². The van der Waals surface area contributed by atoms with Gasteiger partial charge in [-0.05, 0) is 11.4 Å². The highest BCUT2D eigenvalue weighted by molar-refractivity contribution is 7.12. The highest BCUT2D eigenvalue weighted by Gasteiger charge is 2.30. The Morgan fingerprint density at radius 1 is 1.23 bits per heavy atom. The van der Waals surface area contributed by atoms with Crippen LogP contribution in [0.3, 0.4) is 0 Å². The van der Waals surface area contributed by atoms with E-state index in [1.807, 2.05) is 27.3 Å². The molecule has 6 nitrogen and oxygen atoms in total. The number of rotatable bonds is 2. The smallest absolute Gasteiger partial charge is 0.264 e. The van der Waals surface area contributed by atoms with Crippen molar-refractivity contribution in [3.05, 3.63) is 22.4 Å². The SMILES string of the molecule is Cl.O=C(c1cccs1)N1CCN(C(=O)C2COCCN2)CC1. The quantitative estimate of drug-likeness (QED) is 0.845. The van der Waals surface area contributed by atoms with E-state index in [9.17, 15) is 9.59 Å². The first-order valence-corrected chi connectivity index (χ1v) is 8.06. The Hall–Kier alpha value is -1.15. The molecule has 3 rings (SSSR count). The van der Waals surface area contributed by atoms with Gasteiger partial charge >= 0.3 is 0 Å². The molecule has 1 N–H and O–H groups in total. The predicted molar refractivity (Wildman–Crippen MR) is 86.7 cm³/mol. The number of nitrogens with one attached hydrogen (secondary N) is 1. The molecule has 122 valence electrons. The Kier molecular flexibility index (Phi) is 6.19. The average molecular weight is 346 g/mol. The topological polar surface area (TPSA) is 61.9 Å². The minimum Gasteiger partial charge on any atom is -0.378 e. The Balaban J connectivity index is 0.00000176. The molecule has 1 atom stereocenters. The van der Waals surface area contributed by atoms with Crippen LogP contribution in [0.5, 0.6) is 0 Å². The predicted octanol–water partition coefficient (Wildman–Crippen LogP) is 0.443. The van der Waals surface area contributed by atoms with Crippen molar-refractivity contribution in [1.82, 2.24) is 15.1 Å². The minimum absolute atomic E-state index is 0. The van der Waals surface area contributed by atoms with Gasteiger partial charge < -0.3 is 19.9 Å². The van der Waals surface area contributed by atoms with Crippen LogP contribution < -0.4 is 5.32 Å². The van der Waals surface area contributed by atoms with Crippen LogP contribution in [-0.4, -0.2) is 73.6 Å². The fourth-order valence-corrected chi connectivity index (χ4v) is 3.32. The van der Waals surface area contributed by atoms with Crippen LogP contribution in [0.15, 0.2) is 17.5 Å². The molecule has 8 heteroatoms. The average Bonchev–Trinajstić information content (AvgIpc) is 3.09. The molecular formula is C14H20ClN3O3S. The fourth-order valence-electron chi connectivity index (χ4n) is 2.63. The zero-order valence-corrected chi connectivity index (χ0v) is 13.8. The molecule has 0 aromatic carbocycles. The molecule has 3 heterocycles. The summed E-state index contributed by atoms with van der Waals surface area (Å²) in [6.07, 6.45) is 0. The maximum absolute atomic E-state index is 12.3.